The molecule has 0 spiro atoms. The maximum Gasteiger partial charge on any atom is 0.195 e. The number of benzene rings is 5. The zero-order chi connectivity index (χ0) is 99.9. The minimum Gasteiger partial charge on any atom is -0.472 e. The molecule has 44 heteroatoms. The lowest BCUT2D eigenvalue weighted by Gasteiger charge is -2.17. The molecule has 24 rings (SSSR count). The van der Waals surface area contributed by atoms with Gasteiger partial charge in [-0.05, 0) is 89.3 Å². The molecule has 13 aliphatic heterocycles. The Bertz CT molecular complexity index is 7320. The smallest absolute Gasteiger partial charge is 0.195 e. The Morgan fingerprint density at radius 3 is 1.10 bits per heavy atom. The second-order valence-corrected chi connectivity index (χ2v) is 48.3. The summed E-state index contributed by atoms with van der Waals surface area (Å²) in [5.41, 5.74) is 18.6. The maximum atomic E-state index is 12.1. The van der Waals surface area contributed by atoms with Crippen molar-refractivity contribution in [2.24, 2.45) is 28.7 Å². The van der Waals surface area contributed by atoms with Crippen molar-refractivity contribution in [2.75, 3.05) is 95.6 Å². The van der Waals surface area contributed by atoms with E-state index in [2.05, 4.69) is 48.6 Å². The summed E-state index contributed by atoms with van der Waals surface area (Å²) in [5, 5.41) is 41.6. The van der Waals surface area contributed by atoms with Gasteiger partial charge in [0, 0.05) is 117 Å². The molecule has 0 aliphatic carbocycles. The van der Waals surface area contributed by atoms with Gasteiger partial charge >= 0.3 is 0 Å². The minimum absolute atomic E-state index is 0.241. The minimum atomic E-state index is -2.79. The Morgan fingerprint density at radius 2 is 0.743 bits per heavy atom. The highest BCUT2D eigenvalue weighted by atomic mass is 35.5. The predicted molar refractivity (Wildman–Crippen MR) is 543 cm³/mol. The zero-order valence-electron chi connectivity index (χ0n) is 77.8. The number of aliphatic hydroxyl groups excluding tert-OH is 4. The van der Waals surface area contributed by atoms with Crippen molar-refractivity contribution in [3.63, 3.8) is 0 Å². The Labute approximate surface area is 848 Å². The fourth-order valence-corrected chi connectivity index (χ4v) is 22.9. The number of ether oxygens (including phenoxy) is 12. The van der Waals surface area contributed by atoms with Crippen LogP contribution in [0, 0.1) is 9.56 Å². The highest BCUT2D eigenvalue weighted by molar-refractivity contribution is 7.93. The van der Waals surface area contributed by atoms with E-state index in [0.717, 1.165) is 72.9 Å². The molecule has 13 aliphatic rings. The molecule has 18 atom stereocenters. The van der Waals surface area contributed by atoms with Gasteiger partial charge in [-0.15, -0.1) is 0 Å². The van der Waals surface area contributed by atoms with Gasteiger partial charge in [0.05, 0.1) is 206 Å². The van der Waals surface area contributed by atoms with Gasteiger partial charge in [-0.1, -0.05) is 137 Å². The Hall–Kier alpha value is -11.0. The number of aromatic nitrogens is 8. The van der Waals surface area contributed by atoms with Crippen molar-refractivity contribution in [1.82, 2.24) is 39.9 Å². The van der Waals surface area contributed by atoms with Crippen LogP contribution in [0.25, 0.3) is 84.4 Å². The first-order chi connectivity index (χ1) is 69.1. The topological polar surface area (TPSA) is 485 Å². The molecule has 36 nitrogen and oxygen atoms in total. The number of hydrogen-bond donors (Lipinski definition) is 6. The van der Waals surface area contributed by atoms with Gasteiger partial charge < -0.3 is 77.3 Å². The van der Waals surface area contributed by atoms with Crippen LogP contribution in [0.3, 0.4) is 0 Å². The molecule has 19 heterocycles. The fourth-order valence-electron chi connectivity index (χ4n) is 18.8. The van der Waals surface area contributed by atoms with Crippen LogP contribution >= 0.6 is 46.4 Å². The van der Waals surface area contributed by atoms with Gasteiger partial charge in [0.1, 0.15) is 73.2 Å². The van der Waals surface area contributed by atoms with Crippen LogP contribution in [0.15, 0.2) is 210 Å². The van der Waals surface area contributed by atoms with Crippen LogP contribution in [0.1, 0.15) is 34.8 Å². The van der Waals surface area contributed by atoms with Crippen LogP contribution in [-0.4, -0.2) is 294 Å². The van der Waals surface area contributed by atoms with E-state index >= 15 is 0 Å². The normalized spacial score (nSPS) is 26.7. The van der Waals surface area contributed by atoms with E-state index < -0.39 is 63.3 Å². The van der Waals surface area contributed by atoms with E-state index in [1.54, 1.807) is 86.1 Å². The summed E-state index contributed by atoms with van der Waals surface area (Å²) in [7, 11) is -9.77. The summed E-state index contributed by atoms with van der Waals surface area (Å²) in [5.74, 6) is 3.71. The molecule has 6 aromatic heterocycles. The third kappa shape index (κ3) is 21.7. The number of aliphatic hydroxyl groups is 4. The lowest BCUT2D eigenvalue weighted by atomic mass is 10.0. The van der Waals surface area contributed by atoms with Gasteiger partial charge in [0.25, 0.3) is 0 Å². The lowest BCUT2D eigenvalue weighted by Crippen LogP contribution is -2.34. The van der Waals surface area contributed by atoms with E-state index in [4.69, 9.17) is 133 Å². The molecule has 2 unspecified atom stereocenters. The molecule has 6 N–H and O–H groups in total. The van der Waals surface area contributed by atoms with Gasteiger partial charge in [0.2, 0.25) is 0 Å². The van der Waals surface area contributed by atoms with Crippen molar-refractivity contribution in [3.8, 4) is 78.8 Å². The third-order valence-electron chi connectivity index (χ3n) is 25.8. The summed E-state index contributed by atoms with van der Waals surface area (Å²) in [6.45, 7) is 2.35. The average Bonchev–Trinajstić information content (AvgIpc) is 1.64. The molecule has 11 aromatic rings. The summed E-state index contributed by atoms with van der Waals surface area (Å²) in [6.07, 6.45) is 12.0. The average molecular weight is 2110 g/mol. The molecule has 0 bridgehead atoms. The number of nitrogens with one attached hydrogen (secondary N) is 2. The zero-order valence-corrected chi connectivity index (χ0v) is 84.1. The summed E-state index contributed by atoms with van der Waals surface area (Å²) in [6, 6.07) is 45.1. The van der Waals surface area contributed by atoms with Crippen LogP contribution < -0.4 is 0 Å². The number of allylic oxidation sites excluding steroid dienone is 1. The third-order valence-corrected chi connectivity index (χ3v) is 31.0. The largest absolute Gasteiger partial charge is 0.472 e. The van der Waals surface area contributed by atoms with Crippen molar-refractivity contribution in [1.29, 1.82) is 9.56 Å². The van der Waals surface area contributed by atoms with Crippen molar-refractivity contribution in [2.45, 2.75) is 135 Å². The van der Waals surface area contributed by atoms with Gasteiger partial charge in [-0.2, -0.15) is 8.73 Å². The number of halogens is 4. The maximum absolute atomic E-state index is 12.1. The number of hydrogen-bond acceptors (Lipinski definition) is 36. The van der Waals surface area contributed by atoms with Gasteiger partial charge in [0.15, 0.2) is 59.6 Å². The monoisotopic (exact) mass is 2110 g/mol. The van der Waals surface area contributed by atoms with Crippen LogP contribution in [0.4, 0.5) is 34.3 Å². The summed E-state index contributed by atoms with van der Waals surface area (Å²) in [4.78, 5) is 55.4. The highest BCUT2D eigenvalue weighted by Gasteiger charge is 2.53. The first-order valence-electron chi connectivity index (χ1n) is 46.2. The Morgan fingerprint density at radius 1 is 0.389 bits per heavy atom. The Kier molecular flexibility index (Phi) is 27.9. The lowest BCUT2D eigenvalue weighted by molar-refractivity contribution is 0.00555. The number of pyridine rings is 4. The SMILES string of the molecule is CS(=N)(=O)c1cccc(-c2ccc(-c3nc4c(cc3Cl)N=C(O[C@@H]3CO[C@H]5[C@@H]3OC[C@H]5O)C4)cc2)c1.CS(C)(=O)=Nc1ccc(-c2ncc(-c3nc4c(cc3Cl)N=C(O[C@@H]3CO[C@H]5[C@@H]3OC[C@H]5O)C4)cn2)cc1.CS(C)(=O)=Nc1cnc(-c2ccc(-c3nc4c(cc3Cl)N=C(O[C@@H]3CO[C@H]5[C@@H]3OC[C@H]5O)C4)cc2)cn1.N=S1(=O)CC=C(c2ccc(-c3nc4c(cc3Cl)N=C(O[C@@H]3CO[C@H]5[C@@H]3OC[C@H]5O)C4)cc2)CC1. The molecule has 144 heavy (non-hydrogen) atoms. The van der Waals surface area contributed by atoms with E-state index in [9.17, 15) is 37.3 Å². The second kappa shape index (κ2) is 40.6. The quantitative estimate of drug-likeness (QED) is 0.0555. The number of aliphatic imine (C=N–C) groups is 4. The molecule has 748 valence electrons. The number of fused-ring (bicyclic) bond motifs is 8. The van der Waals surface area contributed by atoms with E-state index in [1.165, 1.54) is 12.5 Å². The second-order valence-electron chi connectivity index (χ2n) is 37.1. The molecule has 5 aromatic carbocycles. The molecular formula is C100H96Cl4N16O20S4. The van der Waals surface area contributed by atoms with Crippen LogP contribution in [0.5, 0.6) is 0 Å². The fraction of sp³-hybridized carbons (Fsp3) is 0.360. The summed E-state index contributed by atoms with van der Waals surface area (Å²) >= 11 is 26.3. The van der Waals surface area contributed by atoms with Crippen molar-refractivity contribution < 1.29 is 94.1 Å². The highest BCUT2D eigenvalue weighted by Crippen LogP contribution is 2.45. The molecule has 0 radical (unpaired) electrons. The number of nitrogens with zero attached hydrogens (tertiary/aromatic N) is 14. The molecule has 0 amide bonds. The van der Waals surface area contributed by atoms with Crippen molar-refractivity contribution in [3.05, 3.63) is 225 Å². The van der Waals surface area contributed by atoms with E-state index in [1.807, 2.05) is 109 Å². The van der Waals surface area contributed by atoms with E-state index in [0.29, 0.717) is 193 Å². The standard InChI is InChI=1S/C26H24ClN3O5S.2C25H24ClN5O5S.C24H24ClN3O5S/c1-36(28,32)17-4-2-3-16(9-17)14-5-7-15(8-6-14)24-18(27)10-19-20(30-24)11-23(29-19)35-22-13-34-25-21(31)12-33-26(22)25;1-37(2,33)31-15-5-3-13(4-6-15)25-27-9-14(10-28-25)22-16(26)7-17-18(30-22)8-21(29-17)36-20-12-35-23-19(32)11-34-24(20)23;1-37(2,33)31-21-10-27-18(9-28-21)13-3-5-14(6-4-13)23-15(26)7-16-17(30-23)8-22(29-16)36-20-12-35-24-19(32)11-34-25(20)24;25-16-9-17-18(10-21(27-17)33-20-12-32-23-19(29)11-31-24(20)23)28-22(16)15-3-1-13(2-4-15)14-5-7-34(26,30)8-6-14/h2-10,21-22,25-26,28,31H,11-13H2,1H3;3-7,9-10,19-20,23-24,32H,8,11-12H2,1-2H3;3-7,9-10,19-20,24-25,32H,8,11-12H2,1-2H3;1-5,9,19-20,23-24,26,29H,6-8,10-12H2/t21-,22-,25-,26-,36?;19-,20-,23-,24-;19-,20-,24-,25-;19-,20-,23-,24-,34?/m1111/s1. The van der Waals surface area contributed by atoms with Gasteiger partial charge in [-0.3, -0.25) is 9.76 Å². The first kappa shape index (κ1) is 99.0. The molecule has 8 fully saturated rings. The van der Waals surface area contributed by atoms with E-state index in [-0.39, 0.29) is 99.7 Å². The predicted octanol–water partition coefficient (Wildman–Crippen LogP) is 14.3. The molecule has 8 saturated heterocycles. The molecular weight excluding hydrogens is 2020 g/mol. The number of rotatable bonds is 15. The van der Waals surface area contributed by atoms with Crippen LogP contribution in [0.2, 0.25) is 20.1 Å². The molecule has 0 saturated carbocycles. The van der Waals surface area contributed by atoms with Crippen LogP contribution in [-0.2, 0) is 121 Å². The first-order valence-corrected chi connectivity index (χ1v) is 56.2. The summed E-state index contributed by atoms with van der Waals surface area (Å²) < 4.78 is 141. The Balaban J connectivity index is 0.000000113. The van der Waals surface area contributed by atoms with Crippen molar-refractivity contribution >= 4 is 149 Å². The van der Waals surface area contributed by atoms with Gasteiger partial charge in [-0.25, -0.2) is 76.5 Å².